The molecule has 0 radical (unpaired) electrons. The van der Waals surface area contributed by atoms with E-state index in [0.29, 0.717) is 19.0 Å². The molecule has 26 heavy (non-hydrogen) atoms. The van der Waals surface area contributed by atoms with Gasteiger partial charge in [-0.25, -0.2) is 9.97 Å². The summed E-state index contributed by atoms with van der Waals surface area (Å²) < 4.78 is 6.03. The van der Waals surface area contributed by atoms with Gasteiger partial charge in [-0.05, 0) is 49.8 Å². The molecule has 1 N–H and O–H groups in total. The Hall–Kier alpha value is -2.89. The number of nitrogens with zero attached hydrogens (tertiary/aromatic N) is 3. The SMILES string of the molecule is C=CC(=O)N1CCC(Oc2ccc(Nc3ncc(C)c(C)n3)cc2)CC1. The molecule has 136 valence electrons. The second kappa shape index (κ2) is 7.99. The van der Waals surface area contributed by atoms with E-state index in [4.69, 9.17) is 4.74 Å². The van der Waals surface area contributed by atoms with Crippen LogP contribution in [0.1, 0.15) is 24.1 Å². The number of benzene rings is 1. The van der Waals surface area contributed by atoms with Gasteiger partial charge in [0.15, 0.2) is 0 Å². The van der Waals surface area contributed by atoms with Crippen molar-refractivity contribution in [3.63, 3.8) is 0 Å². The van der Waals surface area contributed by atoms with Gasteiger partial charge in [-0.1, -0.05) is 6.58 Å². The summed E-state index contributed by atoms with van der Waals surface area (Å²) in [5.74, 6) is 1.40. The maximum absolute atomic E-state index is 11.6. The first kappa shape index (κ1) is 17.9. The third kappa shape index (κ3) is 4.39. The summed E-state index contributed by atoms with van der Waals surface area (Å²) in [7, 11) is 0. The quantitative estimate of drug-likeness (QED) is 0.836. The lowest BCUT2D eigenvalue weighted by molar-refractivity contribution is -0.127. The predicted molar refractivity (Wildman–Crippen MR) is 102 cm³/mol. The van der Waals surface area contributed by atoms with E-state index in [1.807, 2.05) is 49.2 Å². The van der Waals surface area contributed by atoms with E-state index < -0.39 is 0 Å². The van der Waals surface area contributed by atoms with E-state index in [0.717, 1.165) is 35.5 Å². The molecule has 1 aromatic heterocycles. The molecule has 1 amide bonds. The van der Waals surface area contributed by atoms with E-state index in [2.05, 4.69) is 21.9 Å². The van der Waals surface area contributed by atoms with Gasteiger partial charge < -0.3 is 15.0 Å². The van der Waals surface area contributed by atoms with Crippen molar-refractivity contribution in [2.45, 2.75) is 32.8 Å². The summed E-state index contributed by atoms with van der Waals surface area (Å²) >= 11 is 0. The Morgan fingerprint density at radius 2 is 1.96 bits per heavy atom. The van der Waals surface area contributed by atoms with Crippen LogP contribution < -0.4 is 10.1 Å². The Kier molecular flexibility index (Phi) is 5.51. The minimum atomic E-state index is -0.00700. The second-order valence-corrected chi connectivity index (χ2v) is 6.46. The molecule has 1 saturated heterocycles. The van der Waals surface area contributed by atoms with Crippen LogP contribution in [-0.4, -0.2) is 40.0 Å². The van der Waals surface area contributed by atoms with Gasteiger partial charge in [-0.3, -0.25) is 4.79 Å². The molecular formula is C20H24N4O2. The number of hydrogen-bond acceptors (Lipinski definition) is 5. The zero-order valence-corrected chi connectivity index (χ0v) is 15.2. The minimum absolute atomic E-state index is 0.00700. The Morgan fingerprint density at radius 3 is 2.58 bits per heavy atom. The van der Waals surface area contributed by atoms with Crippen molar-refractivity contribution in [1.29, 1.82) is 0 Å². The monoisotopic (exact) mass is 352 g/mol. The lowest BCUT2D eigenvalue weighted by Gasteiger charge is -2.31. The van der Waals surface area contributed by atoms with Crippen molar-refractivity contribution in [3.8, 4) is 5.75 Å². The fourth-order valence-electron chi connectivity index (χ4n) is 2.85. The van der Waals surface area contributed by atoms with E-state index in [1.54, 1.807) is 0 Å². The number of amides is 1. The molecule has 2 heterocycles. The van der Waals surface area contributed by atoms with Crippen LogP contribution in [0.4, 0.5) is 11.6 Å². The fraction of sp³-hybridized carbons (Fsp3) is 0.350. The maximum atomic E-state index is 11.6. The van der Waals surface area contributed by atoms with Crippen molar-refractivity contribution in [1.82, 2.24) is 14.9 Å². The Balaban J connectivity index is 1.54. The molecule has 6 nitrogen and oxygen atoms in total. The first-order valence-corrected chi connectivity index (χ1v) is 8.80. The number of carbonyl (C=O) groups excluding carboxylic acids is 1. The molecule has 0 saturated carbocycles. The Morgan fingerprint density at radius 1 is 1.27 bits per heavy atom. The van der Waals surface area contributed by atoms with Crippen molar-refractivity contribution < 1.29 is 9.53 Å². The lowest BCUT2D eigenvalue weighted by atomic mass is 10.1. The van der Waals surface area contributed by atoms with Gasteiger partial charge in [0.25, 0.3) is 0 Å². The Labute approximate surface area is 153 Å². The van der Waals surface area contributed by atoms with Crippen LogP contribution in [0.25, 0.3) is 0 Å². The topological polar surface area (TPSA) is 67.3 Å². The van der Waals surface area contributed by atoms with Gasteiger partial charge in [0.2, 0.25) is 11.9 Å². The zero-order chi connectivity index (χ0) is 18.5. The first-order chi connectivity index (χ1) is 12.5. The van der Waals surface area contributed by atoms with Crippen molar-refractivity contribution >= 4 is 17.5 Å². The van der Waals surface area contributed by atoms with Crippen LogP contribution in [-0.2, 0) is 4.79 Å². The zero-order valence-electron chi connectivity index (χ0n) is 15.2. The number of hydrogen-bond donors (Lipinski definition) is 1. The average Bonchev–Trinajstić information content (AvgIpc) is 2.66. The third-order valence-electron chi connectivity index (χ3n) is 4.57. The highest BCUT2D eigenvalue weighted by Gasteiger charge is 2.22. The van der Waals surface area contributed by atoms with E-state index in [9.17, 15) is 4.79 Å². The number of anilines is 2. The largest absolute Gasteiger partial charge is 0.490 e. The third-order valence-corrected chi connectivity index (χ3v) is 4.57. The van der Waals surface area contributed by atoms with Crippen LogP contribution >= 0.6 is 0 Å². The summed E-state index contributed by atoms with van der Waals surface area (Å²) in [6.07, 6.45) is 4.97. The van der Waals surface area contributed by atoms with Crippen LogP contribution in [0.3, 0.4) is 0 Å². The molecule has 0 aliphatic carbocycles. The number of aromatic nitrogens is 2. The molecule has 0 atom stereocenters. The van der Waals surface area contributed by atoms with Gasteiger partial charge in [-0.2, -0.15) is 0 Å². The van der Waals surface area contributed by atoms with Gasteiger partial charge in [0.1, 0.15) is 11.9 Å². The number of ether oxygens (including phenoxy) is 1. The van der Waals surface area contributed by atoms with Gasteiger partial charge in [0.05, 0.1) is 0 Å². The predicted octanol–water partition coefficient (Wildman–Crippen LogP) is 3.39. The highest BCUT2D eigenvalue weighted by molar-refractivity contribution is 5.87. The minimum Gasteiger partial charge on any atom is -0.490 e. The lowest BCUT2D eigenvalue weighted by Crippen LogP contribution is -2.41. The first-order valence-electron chi connectivity index (χ1n) is 8.80. The molecule has 1 fully saturated rings. The molecule has 1 aliphatic rings. The smallest absolute Gasteiger partial charge is 0.245 e. The molecule has 0 spiro atoms. The summed E-state index contributed by atoms with van der Waals surface area (Å²) in [6, 6.07) is 7.77. The van der Waals surface area contributed by atoms with Crippen LogP contribution in [0.2, 0.25) is 0 Å². The van der Waals surface area contributed by atoms with E-state index >= 15 is 0 Å². The fourth-order valence-corrected chi connectivity index (χ4v) is 2.85. The number of likely N-dealkylation sites (tertiary alicyclic amines) is 1. The average molecular weight is 352 g/mol. The number of piperidine rings is 1. The number of nitrogens with one attached hydrogen (secondary N) is 1. The molecule has 0 unspecified atom stereocenters. The van der Waals surface area contributed by atoms with Gasteiger partial charge in [0, 0.05) is 43.5 Å². The molecule has 1 aliphatic heterocycles. The van der Waals surface area contributed by atoms with Crippen LogP contribution in [0.5, 0.6) is 5.75 Å². The Bertz CT molecular complexity index is 781. The summed E-state index contributed by atoms with van der Waals surface area (Å²) in [6.45, 7) is 8.90. The molecular weight excluding hydrogens is 328 g/mol. The summed E-state index contributed by atoms with van der Waals surface area (Å²) in [4.78, 5) is 22.1. The molecule has 0 bridgehead atoms. The van der Waals surface area contributed by atoms with Crippen molar-refractivity contribution in [3.05, 3.63) is 54.4 Å². The maximum Gasteiger partial charge on any atom is 0.245 e. The highest BCUT2D eigenvalue weighted by atomic mass is 16.5. The molecule has 6 heteroatoms. The van der Waals surface area contributed by atoms with Gasteiger partial charge >= 0.3 is 0 Å². The van der Waals surface area contributed by atoms with Gasteiger partial charge in [-0.15, -0.1) is 0 Å². The van der Waals surface area contributed by atoms with E-state index in [1.165, 1.54) is 6.08 Å². The summed E-state index contributed by atoms with van der Waals surface area (Å²) in [5.41, 5.74) is 2.94. The van der Waals surface area contributed by atoms with Crippen LogP contribution in [0.15, 0.2) is 43.1 Å². The van der Waals surface area contributed by atoms with E-state index in [-0.39, 0.29) is 12.0 Å². The van der Waals surface area contributed by atoms with Crippen LogP contribution in [0, 0.1) is 13.8 Å². The number of rotatable bonds is 5. The number of carbonyl (C=O) groups is 1. The molecule has 3 rings (SSSR count). The molecule has 1 aromatic carbocycles. The van der Waals surface area contributed by atoms with Crippen molar-refractivity contribution in [2.24, 2.45) is 0 Å². The highest BCUT2D eigenvalue weighted by Crippen LogP contribution is 2.22. The number of aryl methyl sites for hydroxylation is 2. The standard InChI is InChI=1S/C20H24N4O2/c1-4-19(25)24-11-9-18(10-12-24)26-17-7-5-16(6-8-17)23-20-21-13-14(2)15(3)22-20/h4-8,13,18H,1,9-12H2,2-3H3,(H,21,22,23). The second-order valence-electron chi connectivity index (χ2n) is 6.46. The molecule has 2 aromatic rings. The normalized spacial score (nSPS) is 14.8. The van der Waals surface area contributed by atoms with Crippen molar-refractivity contribution in [2.75, 3.05) is 18.4 Å². The summed E-state index contributed by atoms with van der Waals surface area (Å²) in [5, 5.41) is 3.20.